The monoisotopic (exact) mass is 254 g/mol. The molecule has 18 heavy (non-hydrogen) atoms. The van der Waals surface area contributed by atoms with Crippen molar-refractivity contribution in [2.45, 2.75) is 31.8 Å². The summed E-state index contributed by atoms with van der Waals surface area (Å²) < 4.78 is 4.52. The largest absolute Gasteiger partial charge is 0.481 e. The number of carboxylic acids is 1. The van der Waals surface area contributed by atoms with Crippen LogP contribution in [0.15, 0.2) is 10.9 Å². The van der Waals surface area contributed by atoms with Gasteiger partial charge in [0.2, 0.25) is 6.39 Å². The topological polar surface area (TPSA) is 117 Å². The van der Waals surface area contributed by atoms with Crippen molar-refractivity contribution >= 4 is 12.0 Å². The van der Waals surface area contributed by atoms with E-state index >= 15 is 0 Å². The first-order chi connectivity index (χ1) is 8.65. The number of carbonyl (C=O) groups is 2. The van der Waals surface area contributed by atoms with E-state index in [4.69, 9.17) is 5.11 Å². The molecule has 1 aromatic rings. The summed E-state index contributed by atoms with van der Waals surface area (Å²) in [6.45, 7) is 0.146. The number of aromatic nitrogens is 2. The van der Waals surface area contributed by atoms with Gasteiger partial charge in [-0.05, 0) is 18.8 Å². The van der Waals surface area contributed by atoms with E-state index in [1.165, 1.54) is 6.39 Å². The summed E-state index contributed by atoms with van der Waals surface area (Å²) in [4.78, 5) is 26.0. The zero-order valence-electron chi connectivity index (χ0n) is 9.63. The van der Waals surface area contributed by atoms with Gasteiger partial charge < -0.3 is 20.3 Å². The number of nitrogens with one attached hydrogen (secondary N) is 2. The number of urea groups is 1. The van der Waals surface area contributed by atoms with Crippen molar-refractivity contribution in [1.29, 1.82) is 0 Å². The third-order valence-corrected chi connectivity index (χ3v) is 2.72. The Hall–Kier alpha value is -2.12. The highest BCUT2D eigenvalue weighted by Gasteiger charge is 2.33. The summed E-state index contributed by atoms with van der Waals surface area (Å²) in [5.74, 6) is -0.270. The van der Waals surface area contributed by atoms with E-state index in [0.29, 0.717) is 5.82 Å². The van der Waals surface area contributed by atoms with E-state index in [1.807, 2.05) is 0 Å². The van der Waals surface area contributed by atoms with Gasteiger partial charge in [0.15, 0.2) is 5.82 Å². The summed E-state index contributed by atoms with van der Waals surface area (Å²) in [6.07, 6.45) is 3.04. The van der Waals surface area contributed by atoms with Gasteiger partial charge in [-0.15, -0.1) is 0 Å². The molecule has 0 bridgehead atoms. The fraction of sp³-hybridized carbons (Fsp3) is 0.600. The molecule has 0 spiro atoms. The van der Waals surface area contributed by atoms with Gasteiger partial charge in [0.25, 0.3) is 0 Å². The van der Waals surface area contributed by atoms with Crippen LogP contribution in [0.2, 0.25) is 0 Å². The smallest absolute Gasteiger partial charge is 0.315 e. The first-order valence-corrected chi connectivity index (χ1v) is 5.66. The van der Waals surface area contributed by atoms with Crippen LogP contribution in [0.5, 0.6) is 0 Å². The minimum atomic E-state index is -0.912. The van der Waals surface area contributed by atoms with Gasteiger partial charge in [-0.25, -0.2) is 4.79 Å². The Morgan fingerprint density at radius 1 is 1.56 bits per heavy atom. The predicted molar refractivity (Wildman–Crippen MR) is 58.4 cm³/mol. The van der Waals surface area contributed by atoms with Crippen LogP contribution in [-0.4, -0.2) is 33.3 Å². The van der Waals surface area contributed by atoms with E-state index in [1.54, 1.807) is 0 Å². The van der Waals surface area contributed by atoms with Crippen molar-refractivity contribution in [1.82, 2.24) is 20.8 Å². The summed E-state index contributed by atoms with van der Waals surface area (Å²) in [7, 11) is 0. The van der Waals surface area contributed by atoms with Crippen LogP contribution >= 0.6 is 0 Å². The number of hydrogen-bond acceptors (Lipinski definition) is 5. The second-order valence-electron chi connectivity index (χ2n) is 4.22. The number of carboxylic acid groups (broad SMARTS) is 1. The number of aliphatic carboxylic acids is 1. The lowest BCUT2D eigenvalue weighted by Gasteiger charge is -2.16. The second kappa shape index (κ2) is 5.48. The van der Waals surface area contributed by atoms with E-state index in [0.717, 1.165) is 12.8 Å². The average molecular weight is 254 g/mol. The molecule has 8 nitrogen and oxygen atoms in total. The zero-order valence-corrected chi connectivity index (χ0v) is 9.63. The van der Waals surface area contributed by atoms with Crippen LogP contribution in [-0.2, 0) is 11.3 Å². The Labute approximate surface area is 103 Å². The minimum Gasteiger partial charge on any atom is -0.481 e. The van der Waals surface area contributed by atoms with Crippen LogP contribution in [0.4, 0.5) is 4.79 Å². The fourth-order valence-electron chi connectivity index (χ4n) is 1.67. The molecule has 1 aliphatic carbocycles. The highest BCUT2D eigenvalue weighted by molar-refractivity contribution is 5.75. The van der Waals surface area contributed by atoms with Crippen molar-refractivity contribution in [3.8, 4) is 0 Å². The molecule has 1 fully saturated rings. The molecule has 0 saturated heterocycles. The Bertz CT molecular complexity index is 416. The number of nitrogens with zero attached hydrogens (tertiary/aromatic N) is 2. The molecule has 0 aliphatic heterocycles. The van der Waals surface area contributed by atoms with Gasteiger partial charge in [0.05, 0.1) is 13.0 Å². The lowest BCUT2D eigenvalue weighted by Crippen LogP contribution is -2.44. The second-order valence-corrected chi connectivity index (χ2v) is 4.22. The summed E-state index contributed by atoms with van der Waals surface area (Å²) >= 11 is 0. The van der Waals surface area contributed by atoms with Crippen molar-refractivity contribution in [3.05, 3.63) is 12.2 Å². The van der Waals surface area contributed by atoms with Crippen LogP contribution in [0.1, 0.15) is 25.1 Å². The van der Waals surface area contributed by atoms with Crippen LogP contribution in [0.25, 0.3) is 0 Å². The van der Waals surface area contributed by atoms with Crippen LogP contribution in [0.3, 0.4) is 0 Å². The Morgan fingerprint density at radius 2 is 2.33 bits per heavy atom. The van der Waals surface area contributed by atoms with E-state index in [-0.39, 0.29) is 24.9 Å². The average Bonchev–Trinajstić information content (AvgIpc) is 3.02. The van der Waals surface area contributed by atoms with Crippen molar-refractivity contribution in [2.24, 2.45) is 5.92 Å². The molecule has 2 rings (SSSR count). The maximum atomic E-state index is 11.6. The molecule has 8 heteroatoms. The first-order valence-electron chi connectivity index (χ1n) is 5.66. The maximum absolute atomic E-state index is 11.6. The number of carbonyl (C=O) groups excluding carboxylic acids is 1. The molecule has 98 valence electrons. The molecule has 1 unspecified atom stereocenters. The lowest BCUT2D eigenvalue weighted by atomic mass is 10.1. The molecule has 1 saturated carbocycles. The van der Waals surface area contributed by atoms with Crippen molar-refractivity contribution in [3.63, 3.8) is 0 Å². The molecular formula is C10H14N4O4. The van der Waals surface area contributed by atoms with Gasteiger partial charge in [-0.1, -0.05) is 5.16 Å². The molecule has 1 atom stereocenters. The lowest BCUT2D eigenvalue weighted by molar-refractivity contribution is -0.137. The van der Waals surface area contributed by atoms with Crippen molar-refractivity contribution < 1.29 is 19.2 Å². The van der Waals surface area contributed by atoms with Gasteiger partial charge in [0.1, 0.15) is 0 Å². The summed E-state index contributed by atoms with van der Waals surface area (Å²) in [5, 5.41) is 17.5. The summed E-state index contributed by atoms with van der Waals surface area (Å²) in [6, 6.07) is -0.731. The van der Waals surface area contributed by atoms with E-state index < -0.39 is 12.0 Å². The first kappa shape index (κ1) is 12.3. The Kier molecular flexibility index (Phi) is 3.75. The van der Waals surface area contributed by atoms with Gasteiger partial charge in [0, 0.05) is 6.04 Å². The van der Waals surface area contributed by atoms with E-state index in [9.17, 15) is 9.59 Å². The molecule has 2 amide bonds. The molecule has 1 aromatic heterocycles. The van der Waals surface area contributed by atoms with Crippen LogP contribution < -0.4 is 10.6 Å². The third kappa shape index (κ3) is 3.72. The Balaban J connectivity index is 1.76. The highest BCUT2D eigenvalue weighted by Crippen LogP contribution is 2.33. The molecule has 0 aromatic carbocycles. The zero-order chi connectivity index (χ0) is 13.0. The molecule has 1 aliphatic rings. The molecule has 1 heterocycles. The quantitative estimate of drug-likeness (QED) is 0.663. The molecular weight excluding hydrogens is 240 g/mol. The van der Waals surface area contributed by atoms with E-state index in [2.05, 4.69) is 25.3 Å². The van der Waals surface area contributed by atoms with Crippen LogP contribution in [0, 0.1) is 5.92 Å². The molecule has 0 radical (unpaired) electrons. The predicted octanol–water partition coefficient (Wildman–Crippen LogP) is 0.122. The Morgan fingerprint density at radius 3 is 2.89 bits per heavy atom. The standard InChI is InChI=1S/C10H14N4O4/c15-9(16)3-7(6-1-2-6)13-10(17)11-4-8-12-5-18-14-8/h5-7H,1-4H2,(H,15,16)(H2,11,13,17). The number of hydrogen-bond donors (Lipinski definition) is 3. The normalized spacial score (nSPS) is 16.0. The molecule has 3 N–H and O–H groups in total. The van der Waals surface area contributed by atoms with Gasteiger partial charge in [-0.2, -0.15) is 4.98 Å². The minimum absolute atomic E-state index is 0.0553. The fourth-order valence-corrected chi connectivity index (χ4v) is 1.67. The summed E-state index contributed by atoms with van der Waals surface area (Å²) in [5.41, 5.74) is 0. The van der Waals surface area contributed by atoms with Gasteiger partial charge >= 0.3 is 12.0 Å². The maximum Gasteiger partial charge on any atom is 0.315 e. The third-order valence-electron chi connectivity index (χ3n) is 2.72. The number of amides is 2. The van der Waals surface area contributed by atoms with Crippen molar-refractivity contribution in [2.75, 3.05) is 0 Å². The number of rotatable bonds is 6. The highest BCUT2D eigenvalue weighted by atomic mass is 16.5. The SMILES string of the molecule is O=C(O)CC(NC(=O)NCc1ncon1)C1CC1. The van der Waals surface area contributed by atoms with Gasteiger partial charge in [-0.3, -0.25) is 4.79 Å².